The van der Waals surface area contributed by atoms with Crippen molar-refractivity contribution in [1.82, 2.24) is 5.48 Å². The zero-order valence-corrected chi connectivity index (χ0v) is 7.27. The minimum absolute atomic E-state index is 0.236. The second-order valence-electron chi connectivity index (χ2n) is 3.89. The number of hydrogen-bond acceptors (Lipinski definition) is 3. The van der Waals surface area contributed by atoms with Crippen molar-refractivity contribution in [1.29, 1.82) is 0 Å². The van der Waals surface area contributed by atoms with Crippen molar-refractivity contribution < 1.29 is 4.84 Å². The van der Waals surface area contributed by atoms with E-state index in [0.717, 1.165) is 12.3 Å². The monoisotopic (exact) mass is 154 g/mol. The largest absolute Gasteiger partial charge is 0.361 e. The summed E-state index contributed by atoms with van der Waals surface area (Å²) >= 11 is 0. The van der Waals surface area contributed by atoms with Crippen LogP contribution in [-0.2, 0) is 4.84 Å². The van der Waals surface area contributed by atoms with Gasteiger partial charge in [-0.3, -0.25) is 0 Å². The summed E-state index contributed by atoms with van der Waals surface area (Å²) in [6.07, 6.45) is 0.881. The number of nitrogens with one attached hydrogen (secondary N) is 1. The van der Waals surface area contributed by atoms with E-state index in [4.69, 9.17) is 4.84 Å². The summed E-state index contributed by atoms with van der Waals surface area (Å²) < 4.78 is 0. The lowest BCUT2D eigenvalue weighted by Gasteiger charge is -2.16. The molecule has 0 saturated carbocycles. The lowest BCUT2D eigenvalue weighted by Crippen LogP contribution is -2.22. The van der Waals surface area contributed by atoms with Crippen LogP contribution >= 0.6 is 0 Å². The Labute approximate surface area is 67.1 Å². The molecule has 0 unspecified atom stereocenters. The Morgan fingerprint density at radius 2 is 2.18 bits per heavy atom. The quantitative estimate of drug-likeness (QED) is 0.625. The Morgan fingerprint density at radius 1 is 1.55 bits per heavy atom. The third-order valence-corrected chi connectivity index (χ3v) is 1.24. The molecule has 3 heteroatoms. The molecule has 1 heterocycles. The molecular formula is C8H14N2O. The van der Waals surface area contributed by atoms with Gasteiger partial charge in [0.15, 0.2) is 0 Å². The van der Waals surface area contributed by atoms with Crippen LogP contribution in [0.3, 0.4) is 0 Å². The van der Waals surface area contributed by atoms with Crippen molar-refractivity contribution in [3.63, 3.8) is 0 Å². The molecule has 0 aromatic carbocycles. The van der Waals surface area contributed by atoms with Crippen LogP contribution in [0, 0.1) is 5.41 Å². The number of amidine groups is 1. The molecule has 0 bridgehead atoms. The van der Waals surface area contributed by atoms with Crippen LogP contribution in [0.4, 0.5) is 0 Å². The SMILES string of the molecule is C=C1N=C(CC(C)(C)C)NO1. The Kier molecular flexibility index (Phi) is 1.89. The van der Waals surface area contributed by atoms with E-state index in [2.05, 4.69) is 37.8 Å². The molecule has 0 spiro atoms. The van der Waals surface area contributed by atoms with Gasteiger partial charge >= 0.3 is 0 Å². The van der Waals surface area contributed by atoms with Crippen molar-refractivity contribution in [2.75, 3.05) is 0 Å². The van der Waals surface area contributed by atoms with Gasteiger partial charge < -0.3 is 4.84 Å². The lowest BCUT2D eigenvalue weighted by atomic mass is 9.92. The van der Waals surface area contributed by atoms with Crippen LogP contribution in [-0.4, -0.2) is 5.84 Å². The minimum Gasteiger partial charge on any atom is -0.361 e. The summed E-state index contributed by atoms with van der Waals surface area (Å²) in [5.74, 6) is 1.31. The summed E-state index contributed by atoms with van der Waals surface area (Å²) in [5.41, 5.74) is 2.95. The first-order valence-corrected chi connectivity index (χ1v) is 3.67. The van der Waals surface area contributed by atoms with Gasteiger partial charge in [-0.1, -0.05) is 20.8 Å². The Balaban J connectivity index is 2.51. The van der Waals surface area contributed by atoms with Crippen molar-refractivity contribution in [3.05, 3.63) is 12.5 Å². The Morgan fingerprint density at radius 3 is 2.55 bits per heavy atom. The molecule has 0 radical (unpaired) electrons. The third kappa shape index (κ3) is 2.62. The molecule has 3 nitrogen and oxygen atoms in total. The highest BCUT2D eigenvalue weighted by Crippen LogP contribution is 2.20. The molecule has 0 aliphatic carbocycles. The normalized spacial score (nSPS) is 17.4. The van der Waals surface area contributed by atoms with Gasteiger partial charge in [-0.25, -0.2) is 5.48 Å². The molecule has 1 N–H and O–H groups in total. The maximum atomic E-state index is 4.86. The fourth-order valence-corrected chi connectivity index (χ4v) is 0.892. The highest BCUT2D eigenvalue weighted by atomic mass is 16.7. The number of rotatable bonds is 1. The first kappa shape index (κ1) is 8.11. The van der Waals surface area contributed by atoms with Crippen LogP contribution < -0.4 is 5.48 Å². The number of hydrogen-bond donors (Lipinski definition) is 1. The predicted molar refractivity (Wildman–Crippen MR) is 44.9 cm³/mol. The molecule has 0 aromatic heterocycles. The maximum absolute atomic E-state index is 4.86. The zero-order valence-electron chi connectivity index (χ0n) is 7.27. The van der Waals surface area contributed by atoms with Gasteiger partial charge in [0, 0.05) is 6.42 Å². The van der Waals surface area contributed by atoms with Crippen molar-refractivity contribution >= 4 is 5.84 Å². The van der Waals surface area contributed by atoms with Crippen molar-refractivity contribution in [2.45, 2.75) is 27.2 Å². The highest BCUT2D eigenvalue weighted by Gasteiger charge is 2.18. The van der Waals surface area contributed by atoms with Gasteiger partial charge in [0.25, 0.3) is 0 Å². The van der Waals surface area contributed by atoms with Crippen molar-refractivity contribution in [2.24, 2.45) is 10.4 Å². The average Bonchev–Trinajstić information content (AvgIpc) is 2.10. The molecular weight excluding hydrogens is 140 g/mol. The average molecular weight is 154 g/mol. The molecule has 0 fully saturated rings. The molecule has 11 heavy (non-hydrogen) atoms. The van der Waals surface area contributed by atoms with E-state index < -0.39 is 0 Å². The van der Waals surface area contributed by atoms with Crippen molar-refractivity contribution in [3.8, 4) is 0 Å². The second kappa shape index (κ2) is 2.57. The lowest BCUT2D eigenvalue weighted by molar-refractivity contribution is 0.175. The maximum Gasteiger partial charge on any atom is 0.240 e. The number of hydroxylamine groups is 1. The van der Waals surface area contributed by atoms with Gasteiger partial charge in [0.05, 0.1) is 0 Å². The molecule has 0 amide bonds. The van der Waals surface area contributed by atoms with Crippen LogP contribution in [0.1, 0.15) is 27.2 Å². The van der Waals surface area contributed by atoms with Gasteiger partial charge in [-0.2, -0.15) is 4.99 Å². The van der Waals surface area contributed by atoms with E-state index >= 15 is 0 Å². The topological polar surface area (TPSA) is 33.6 Å². The first-order chi connectivity index (χ1) is 4.97. The summed E-state index contributed by atoms with van der Waals surface area (Å²) in [7, 11) is 0. The van der Waals surface area contributed by atoms with Gasteiger partial charge in [-0.15, -0.1) is 0 Å². The molecule has 1 aliphatic rings. The standard InChI is InChI=1S/C8H14N2O/c1-6-9-7(10-11-6)5-8(2,3)4/h1,5H2,2-4H3,(H,9,10). The van der Waals surface area contributed by atoms with Gasteiger partial charge in [-0.05, 0) is 12.0 Å². The van der Waals surface area contributed by atoms with Crippen LogP contribution in [0.5, 0.6) is 0 Å². The Hall–Kier alpha value is -0.990. The van der Waals surface area contributed by atoms with Crippen LogP contribution in [0.2, 0.25) is 0 Å². The van der Waals surface area contributed by atoms with Gasteiger partial charge in [0.2, 0.25) is 5.88 Å². The molecule has 1 rings (SSSR count). The summed E-state index contributed by atoms with van der Waals surface area (Å²) in [6.45, 7) is 10.0. The summed E-state index contributed by atoms with van der Waals surface area (Å²) in [5, 5.41) is 0. The smallest absolute Gasteiger partial charge is 0.240 e. The summed E-state index contributed by atoms with van der Waals surface area (Å²) in [6, 6.07) is 0. The highest BCUT2D eigenvalue weighted by molar-refractivity contribution is 5.83. The van der Waals surface area contributed by atoms with E-state index in [9.17, 15) is 0 Å². The fraction of sp³-hybridized carbons (Fsp3) is 0.625. The fourth-order valence-electron chi connectivity index (χ4n) is 0.892. The first-order valence-electron chi connectivity index (χ1n) is 3.67. The van der Waals surface area contributed by atoms with E-state index in [1.165, 1.54) is 0 Å². The Bertz CT molecular complexity index is 201. The molecule has 0 atom stereocenters. The second-order valence-corrected chi connectivity index (χ2v) is 3.89. The van der Waals surface area contributed by atoms with E-state index in [-0.39, 0.29) is 5.41 Å². The third-order valence-electron chi connectivity index (χ3n) is 1.24. The molecule has 0 saturated heterocycles. The van der Waals surface area contributed by atoms with Crippen LogP contribution in [0.15, 0.2) is 17.5 Å². The van der Waals surface area contributed by atoms with Crippen LogP contribution in [0.25, 0.3) is 0 Å². The zero-order chi connectivity index (χ0) is 8.48. The van der Waals surface area contributed by atoms with E-state index in [1.54, 1.807) is 0 Å². The van der Waals surface area contributed by atoms with E-state index in [0.29, 0.717) is 5.88 Å². The number of aliphatic imine (C=N–C) groups is 1. The number of nitrogens with zero attached hydrogens (tertiary/aromatic N) is 1. The summed E-state index contributed by atoms with van der Waals surface area (Å²) in [4.78, 5) is 8.93. The van der Waals surface area contributed by atoms with E-state index in [1.807, 2.05) is 0 Å². The molecule has 1 aliphatic heterocycles. The van der Waals surface area contributed by atoms with Gasteiger partial charge in [0.1, 0.15) is 5.84 Å². The minimum atomic E-state index is 0.236. The molecule has 62 valence electrons. The molecule has 0 aromatic rings. The predicted octanol–water partition coefficient (Wildman–Crippen LogP) is 1.83.